The molecule has 13 heteroatoms. The molecule has 0 spiro atoms. The molecule has 144 valence electrons. The van der Waals surface area contributed by atoms with Crippen LogP contribution in [0.2, 0.25) is 0 Å². The largest absolute Gasteiger partial charge is 0.573 e. The number of azo groups is 1. The van der Waals surface area contributed by atoms with Gasteiger partial charge in [0.1, 0.15) is 11.5 Å². The number of benzene rings is 2. The molecule has 27 heavy (non-hydrogen) atoms. The highest BCUT2D eigenvalue weighted by Crippen LogP contribution is 2.35. The van der Waals surface area contributed by atoms with Gasteiger partial charge in [0.15, 0.2) is 5.69 Å². The molecule has 7 nitrogen and oxygen atoms in total. The van der Waals surface area contributed by atoms with Crippen molar-refractivity contribution >= 4 is 17.1 Å². The Morgan fingerprint density at radius 2 is 1.33 bits per heavy atom. The quantitative estimate of drug-likeness (QED) is 0.277. The first-order valence-electron chi connectivity index (χ1n) is 6.75. The Hall–Kier alpha value is -3.38. The monoisotopic (exact) mass is 395 g/mol. The van der Waals surface area contributed by atoms with Crippen molar-refractivity contribution in [2.24, 2.45) is 10.2 Å². The lowest BCUT2D eigenvalue weighted by atomic mass is 10.2. The van der Waals surface area contributed by atoms with Gasteiger partial charge in [-0.2, -0.15) is 5.11 Å². The van der Waals surface area contributed by atoms with Crippen LogP contribution in [0.1, 0.15) is 0 Å². The maximum Gasteiger partial charge on any atom is 0.573 e. The molecule has 0 radical (unpaired) electrons. The normalized spacial score (nSPS) is 12.2. The maximum absolute atomic E-state index is 12.2. The van der Waals surface area contributed by atoms with E-state index in [0.29, 0.717) is 6.07 Å². The van der Waals surface area contributed by atoms with Crippen LogP contribution in [0.25, 0.3) is 0 Å². The molecule has 0 saturated heterocycles. The Morgan fingerprint density at radius 3 is 1.85 bits per heavy atom. The standard InChI is InChI=1S/C14H7F6N3O4/c15-13(16,17)26-9-3-1-8(2-4-9)21-22-11-6-5-10(27-14(18,19)20)7-12(11)23(24)25/h1-7H. The molecule has 2 aromatic rings. The summed E-state index contributed by atoms with van der Waals surface area (Å²) in [5.74, 6) is -1.33. The van der Waals surface area contributed by atoms with Crippen LogP contribution in [0.15, 0.2) is 52.7 Å². The topological polar surface area (TPSA) is 86.3 Å². The summed E-state index contributed by atoms with van der Waals surface area (Å²) in [6.45, 7) is 0. The van der Waals surface area contributed by atoms with E-state index in [9.17, 15) is 36.5 Å². The van der Waals surface area contributed by atoms with Crippen molar-refractivity contribution < 1.29 is 40.7 Å². The molecule has 0 saturated carbocycles. The van der Waals surface area contributed by atoms with Gasteiger partial charge in [-0.3, -0.25) is 10.1 Å². The van der Waals surface area contributed by atoms with E-state index >= 15 is 0 Å². The molecule has 2 aromatic carbocycles. The van der Waals surface area contributed by atoms with Crippen LogP contribution in [0.5, 0.6) is 11.5 Å². The Morgan fingerprint density at radius 1 is 0.815 bits per heavy atom. The second-order valence-corrected chi connectivity index (χ2v) is 4.70. The Labute approximate surface area is 146 Å². The second-order valence-electron chi connectivity index (χ2n) is 4.70. The van der Waals surface area contributed by atoms with E-state index in [2.05, 4.69) is 19.7 Å². The van der Waals surface area contributed by atoms with Crippen molar-refractivity contribution in [1.82, 2.24) is 0 Å². The molecule has 0 aliphatic carbocycles. The van der Waals surface area contributed by atoms with Crippen LogP contribution in [-0.4, -0.2) is 17.6 Å². The van der Waals surface area contributed by atoms with Gasteiger partial charge in [0.25, 0.3) is 5.69 Å². The van der Waals surface area contributed by atoms with Crippen molar-refractivity contribution in [3.63, 3.8) is 0 Å². The summed E-state index contributed by atoms with van der Waals surface area (Å²) < 4.78 is 79.9. The van der Waals surface area contributed by atoms with E-state index in [4.69, 9.17) is 0 Å². The van der Waals surface area contributed by atoms with E-state index in [1.165, 1.54) is 0 Å². The average Bonchev–Trinajstić information content (AvgIpc) is 2.52. The molecule has 0 N–H and O–H groups in total. The summed E-state index contributed by atoms with van der Waals surface area (Å²) in [4.78, 5) is 9.98. The minimum atomic E-state index is -5.03. The number of nitro groups is 1. The lowest BCUT2D eigenvalue weighted by Crippen LogP contribution is -2.17. The van der Waals surface area contributed by atoms with Gasteiger partial charge in [0, 0.05) is 0 Å². The van der Waals surface area contributed by atoms with E-state index < -0.39 is 34.8 Å². The number of ether oxygens (including phenoxy) is 2. The van der Waals surface area contributed by atoms with E-state index in [1.807, 2.05) is 0 Å². The fourth-order valence-corrected chi connectivity index (χ4v) is 1.76. The second kappa shape index (κ2) is 7.47. The molecular formula is C14H7F6N3O4. The SMILES string of the molecule is O=[N+]([O-])c1cc(OC(F)(F)F)ccc1N=Nc1ccc(OC(F)(F)F)cc1. The predicted molar refractivity (Wildman–Crippen MR) is 77.1 cm³/mol. The smallest absolute Gasteiger partial charge is 0.406 e. The van der Waals surface area contributed by atoms with Crippen LogP contribution >= 0.6 is 0 Å². The van der Waals surface area contributed by atoms with E-state index in [0.717, 1.165) is 36.4 Å². The van der Waals surface area contributed by atoms with Gasteiger partial charge < -0.3 is 9.47 Å². The highest BCUT2D eigenvalue weighted by atomic mass is 19.4. The molecule has 0 aliphatic heterocycles. The number of rotatable bonds is 5. The highest BCUT2D eigenvalue weighted by molar-refractivity contribution is 5.60. The first-order valence-corrected chi connectivity index (χ1v) is 6.75. The first kappa shape index (κ1) is 19.9. The van der Waals surface area contributed by atoms with Crippen molar-refractivity contribution in [3.8, 4) is 11.5 Å². The summed E-state index contributed by atoms with van der Waals surface area (Å²) in [6.07, 6.45) is -9.90. The summed E-state index contributed by atoms with van der Waals surface area (Å²) in [5, 5.41) is 18.1. The predicted octanol–water partition coefficient (Wildman–Crippen LogP) is 5.81. The van der Waals surface area contributed by atoms with Crippen molar-refractivity contribution in [1.29, 1.82) is 0 Å². The molecule has 0 amide bonds. The van der Waals surface area contributed by atoms with Gasteiger partial charge >= 0.3 is 12.7 Å². The summed E-state index contributed by atoms with van der Waals surface area (Å²) in [5.41, 5.74) is -1.17. The molecule has 0 unspecified atom stereocenters. The number of nitrogens with zero attached hydrogens (tertiary/aromatic N) is 3. The fourth-order valence-electron chi connectivity index (χ4n) is 1.76. The van der Waals surface area contributed by atoms with Gasteiger partial charge in [-0.25, -0.2) is 0 Å². The van der Waals surface area contributed by atoms with Crippen LogP contribution in [0.3, 0.4) is 0 Å². The zero-order valence-corrected chi connectivity index (χ0v) is 12.8. The minimum Gasteiger partial charge on any atom is -0.406 e. The third kappa shape index (κ3) is 6.45. The number of halogens is 6. The third-order valence-corrected chi connectivity index (χ3v) is 2.72. The minimum absolute atomic E-state index is 0.0226. The van der Waals surface area contributed by atoms with E-state index in [1.54, 1.807) is 0 Å². The van der Waals surface area contributed by atoms with Gasteiger partial charge in [-0.15, -0.1) is 31.5 Å². The summed E-state index contributed by atoms with van der Waals surface area (Å²) in [7, 11) is 0. The van der Waals surface area contributed by atoms with Crippen LogP contribution in [0, 0.1) is 10.1 Å². The van der Waals surface area contributed by atoms with Crippen molar-refractivity contribution in [2.75, 3.05) is 0 Å². The molecule has 0 aromatic heterocycles. The van der Waals surface area contributed by atoms with Gasteiger partial charge in [0.2, 0.25) is 0 Å². The molecule has 0 aliphatic rings. The third-order valence-electron chi connectivity index (χ3n) is 2.72. The molecule has 0 bridgehead atoms. The van der Waals surface area contributed by atoms with Gasteiger partial charge in [0.05, 0.1) is 16.7 Å². The van der Waals surface area contributed by atoms with Crippen LogP contribution in [-0.2, 0) is 0 Å². The summed E-state index contributed by atoms with van der Waals surface area (Å²) in [6, 6.07) is 6.27. The maximum atomic E-state index is 12.2. The number of nitro benzene ring substituents is 1. The average molecular weight is 395 g/mol. The summed E-state index contributed by atoms with van der Waals surface area (Å²) >= 11 is 0. The number of hydrogen-bond acceptors (Lipinski definition) is 6. The number of hydrogen-bond donors (Lipinski definition) is 0. The highest BCUT2D eigenvalue weighted by Gasteiger charge is 2.32. The van der Waals surface area contributed by atoms with Crippen molar-refractivity contribution in [2.45, 2.75) is 12.7 Å². The van der Waals surface area contributed by atoms with Gasteiger partial charge in [-0.1, -0.05) is 0 Å². The van der Waals surface area contributed by atoms with E-state index in [-0.39, 0.29) is 11.4 Å². The molecule has 0 fully saturated rings. The van der Waals surface area contributed by atoms with Crippen molar-refractivity contribution in [3.05, 3.63) is 52.6 Å². The molecular weight excluding hydrogens is 388 g/mol. The Bertz CT molecular complexity index is 849. The molecule has 2 rings (SSSR count). The Kier molecular flexibility index (Phi) is 5.52. The lowest BCUT2D eigenvalue weighted by Gasteiger charge is -2.08. The van der Waals surface area contributed by atoms with Gasteiger partial charge in [-0.05, 0) is 36.4 Å². The molecule has 0 atom stereocenters. The van der Waals surface area contributed by atoms with Crippen LogP contribution < -0.4 is 9.47 Å². The zero-order chi connectivity index (χ0) is 20.2. The molecule has 0 heterocycles. The Balaban J connectivity index is 2.21. The first-order chi connectivity index (χ1) is 12.4. The zero-order valence-electron chi connectivity index (χ0n) is 12.8. The lowest BCUT2D eigenvalue weighted by molar-refractivity contribution is -0.384. The number of alkyl halides is 6. The fraction of sp³-hybridized carbons (Fsp3) is 0.143. The van der Waals surface area contributed by atoms with Crippen LogP contribution in [0.4, 0.5) is 43.4 Å².